The largest absolute Gasteiger partial charge is 0.110 e. The molecule has 1 unspecified atom stereocenters. The molecule has 9 heavy (non-hydrogen) atoms. The average molecular weight is 146 g/mol. The predicted octanol–water partition coefficient (Wildman–Crippen LogP) is 3.16. The lowest BCUT2D eigenvalue weighted by molar-refractivity contribution is 0.406. The van der Waals surface area contributed by atoms with Crippen LogP contribution in [0.3, 0.4) is 0 Å². The van der Waals surface area contributed by atoms with Crippen LogP contribution in [0.5, 0.6) is 0 Å². The molecule has 0 aliphatic heterocycles. The molecule has 0 saturated carbocycles. The second-order valence-electron chi connectivity index (χ2n) is 4.01. The molecule has 0 aromatic rings. The van der Waals surface area contributed by atoms with Gasteiger partial charge in [0, 0.05) is 0 Å². The molecule has 0 aliphatic carbocycles. The molecular formula is C8H19P. The summed E-state index contributed by atoms with van der Waals surface area (Å²) in [7, 11) is 0.250. The van der Waals surface area contributed by atoms with E-state index < -0.39 is 0 Å². The zero-order valence-electron chi connectivity index (χ0n) is 7.52. The third-order valence-electron chi connectivity index (χ3n) is 2.03. The van der Waals surface area contributed by atoms with Crippen molar-refractivity contribution in [3.05, 3.63) is 0 Å². The summed E-state index contributed by atoms with van der Waals surface area (Å²) in [5.74, 6) is 0. The molecule has 0 aromatic heterocycles. The Hall–Kier alpha value is 0.430. The van der Waals surface area contributed by atoms with Crippen LogP contribution in [0.4, 0.5) is 0 Å². The molecule has 0 amide bonds. The molecule has 1 atom stereocenters. The Morgan fingerprint density at radius 1 is 1.11 bits per heavy atom. The van der Waals surface area contributed by atoms with Gasteiger partial charge in [-0.05, 0) is 24.4 Å². The topological polar surface area (TPSA) is 0 Å². The van der Waals surface area contributed by atoms with E-state index in [1.807, 2.05) is 0 Å². The Balaban J connectivity index is 3.88. The summed E-state index contributed by atoms with van der Waals surface area (Å²) in [5.41, 5.74) is 1.39. The summed E-state index contributed by atoms with van der Waals surface area (Å²) >= 11 is 0. The van der Waals surface area contributed by atoms with E-state index in [9.17, 15) is 0 Å². The molecule has 56 valence electrons. The maximum Gasteiger partial charge on any atom is -0.0194 e. The van der Waals surface area contributed by atoms with Gasteiger partial charge < -0.3 is 0 Å². The van der Waals surface area contributed by atoms with Crippen molar-refractivity contribution >= 4 is 7.92 Å². The first kappa shape index (κ1) is 9.43. The van der Waals surface area contributed by atoms with Gasteiger partial charge >= 0.3 is 0 Å². The van der Waals surface area contributed by atoms with Crippen LogP contribution in [0, 0.1) is 5.41 Å². The minimum atomic E-state index is 0.250. The van der Waals surface area contributed by atoms with Gasteiger partial charge in [0.25, 0.3) is 0 Å². The summed E-state index contributed by atoms with van der Waals surface area (Å²) in [6.07, 6.45) is 0. The normalized spacial score (nSPS) is 16.3. The van der Waals surface area contributed by atoms with Crippen LogP contribution in [-0.2, 0) is 0 Å². The van der Waals surface area contributed by atoms with E-state index in [1.54, 1.807) is 0 Å². The standard InChI is InChI=1S/C8H19P/c1-7(9(5)6)8(2,3)4/h7H,1-6H3. The van der Waals surface area contributed by atoms with E-state index in [-0.39, 0.29) is 7.92 Å². The highest BCUT2D eigenvalue weighted by molar-refractivity contribution is 7.56. The van der Waals surface area contributed by atoms with Crippen LogP contribution < -0.4 is 0 Å². The first-order valence-electron chi connectivity index (χ1n) is 3.52. The number of hydrogen-bond donors (Lipinski definition) is 0. The number of rotatable bonds is 1. The highest BCUT2D eigenvalue weighted by Crippen LogP contribution is 2.42. The molecule has 0 saturated heterocycles. The van der Waals surface area contributed by atoms with Crippen molar-refractivity contribution in [2.45, 2.75) is 33.4 Å². The minimum absolute atomic E-state index is 0.250. The first-order chi connectivity index (χ1) is 3.85. The first-order valence-corrected chi connectivity index (χ1v) is 5.82. The van der Waals surface area contributed by atoms with E-state index >= 15 is 0 Å². The lowest BCUT2D eigenvalue weighted by Crippen LogP contribution is -2.20. The highest BCUT2D eigenvalue weighted by Gasteiger charge is 2.21. The molecule has 0 N–H and O–H groups in total. The van der Waals surface area contributed by atoms with Crippen LogP contribution in [0.1, 0.15) is 27.7 Å². The fourth-order valence-corrected chi connectivity index (χ4v) is 2.32. The Bertz CT molecular complexity index is 79.1. The van der Waals surface area contributed by atoms with Gasteiger partial charge in [-0.15, -0.1) is 7.92 Å². The molecular weight excluding hydrogens is 127 g/mol. The van der Waals surface area contributed by atoms with Crippen molar-refractivity contribution in [3.8, 4) is 0 Å². The van der Waals surface area contributed by atoms with Gasteiger partial charge in [0.15, 0.2) is 0 Å². The maximum absolute atomic E-state index is 2.35. The predicted molar refractivity (Wildman–Crippen MR) is 47.7 cm³/mol. The van der Waals surface area contributed by atoms with E-state index in [0.29, 0.717) is 5.41 Å². The third-order valence-corrected chi connectivity index (χ3v) is 4.35. The molecule has 0 nitrogen and oxygen atoms in total. The fourth-order valence-electron chi connectivity index (χ4n) is 0.775. The van der Waals surface area contributed by atoms with Gasteiger partial charge in [-0.3, -0.25) is 0 Å². The molecule has 0 fully saturated rings. The smallest absolute Gasteiger partial charge is 0.0194 e. The molecule has 1 heteroatoms. The van der Waals surface area contributed by atoms with Crippen LogP contribution in [0.2, 0.25) is 0 Å². The summed E-state index contributed by atoms with van der Waals surface area (Å²) < 4.78 is 0. The monoisotopic (exact) mass is 146 g/mol. The zero-order valence-corrected chi connectivity index (χ0v) is 8.42. The van der Waals surface area contributed by atoms with Crippen LogP contribution in [0.15, 0.2) is 0 Å². The van der Waals surface area contributed by atoms with Crippen molar-refractivity contribution < 1.29 is 0 Å². The van der Waals surface area contributed by atoms with Gasteiger partial charge in [-0.25, -0.2) is 0 Å². The quantitative estimate of drug-likeness (QED) is 0.498. The molecule has 0 aliphatic rings. The van der Waals surface area contributed by atoms with Crippen molar-refractivity contribution in [1.82, 2.24) is 0 Å². The van der Waals surface area contributed by atoms with Crippen molar-refractivity contribution in [2.75, 3.05) is 13.3 Å². The van der Waals surface area contributed by atoms with Crippen molar-refractivity contribution in [1.29, 1.82) is 0 Å². The molecule has 0 radical (unpaired) electrons. The second kappa shape index (κ2) is 3.01. The van der Waals surface area contributed by atoms with E-state index in [2.05, 4.69) is 41.0 Å². The Labute approximate surface area is 60.8 Å². The lowest BCUT2D eigenvalue weighted by Gasteiger charge is -2.30. The summed E-state index contributed by atoms with van der Waals surface area (Å²) in [4.78, 5) is 0. The Morgan fingerprint density at radius 2 is 1.44 bits per heavy atom. The lowest BCUT2D eigenvalue weighted by atomic mass is 9.93. The van der Waals surface area contributed by atoms with Crippen molar-refractivity contribution in [3.63, 3.8) is 0 Å². The van der Waals surface area contributed by atoms with Gasteiger partial charge in [0.05, 0.1) is 0 Å². The SMILES string of the molecule is CC(P(C)C)C(C)(C)C. The number of hydrogen-bond acceptors (Lipinski definition) is 0. The highest BCUT2D eigenvalue weighted by atomic mass is 31.1. The van der Waals surface area contributed by atoms with E-state index in [1.165, 1.54) is 0 Å². The molecule has 0 bridgehead atoms. The molecule has 0 rings (SSSR count). The Kier molecular flexibility index (Phi) is 3.16. The molecule has 0 aromatic carbocycles. The van der Waals surface area contributed by atoms with Gasteiger partial charge in [0.2, 0.25) is 0 Å². The van der Waals surface area contributed by atoms with Crippen LogP contribution in [-0.4, -0.2) is 19.0 Å². The van der Waals surface area contributed by atoms with E-state index in [0.717, 1.165) is 5.66 Å². The second-order valence-corrected chi connectivity index (χ2v) is 6.71. The average Bonchev–Trinajstić information content (AvgIpc) is 1.62. The summed E-state index contributed by atoms with van der Waals surface area (Å²) in [5, 5.41) is 0. The maximum atomic E-state index is 2.35. The Morgan fingerprint density at radius 3 is 1.44 bits per heavy atom. The zero-order chi connectivity index (χ0) is 7.65. The third kappa shape index (κ3) is 3.20. The van der Waals surface area contributed by atoms with Gasteiger partial charge in [-0.1, -0.05) is 27.7 Å². The van der Waals surface area contributed by atoms with Crippen LogP contribution in [0.25, 0.3) is 0 Å². The minimum Gasteiger partial charge on any atom is -0.110 e. The van der Waals surface area contributed by atoms with Crippen LogP contribution >= 0.6 is 7.92 Å². The summed E-state index contributed by atoms with van der Waals surface area (Å²) in [6, 6.07) is 0. The van der Waals surface area contributed by atoms with E-state index in [4.69, 9.17) is 0 Å². The van der Waals surface area contributed by atoms with Gasteiger partial charge in [-0.2, -0.15) is 0 Å². The molecule has 0 spiro atoms. The van der Waals surface area contributed by atoms with Crippen molar-refractivity contribution in [2.24, 2.45) is 5.41 Å². The molecule has 0 heterocycles. The summed E-state index contributed by atoms with van der Waals surface area (Å²) in [6.45, 7) is 14.0. The van der Waals surface area contributed by atoms with Gasteiger partial charge in [0.1, 0.15) is 0 Å². The fraction of sp³-hybridized carbons (Fsp3) is 1.00.